The molecule has 0 bridgehead atoms. The number of pyridine rings is 1. The molecule has 1 aliphatic rings. The normalized spacial score (nSPS) is 17.7. The molecule has 0 unspecified atom stereocenters. The predicted octanol–water partition coefficient (Wildman–Crippen LogP) is 1.09. The van der Waals surface area contributed by atoms with Crippen molar-refractivity contribution in [2.45, 2.75) is 19.8 Å². The Balaban J connectivity index is 1.59. The van der Waals surface area contributed by atoms with Crippen LogP contribution in [0.5, 0.6) is 0 Å². The van der Waals surface area contributed by atoms with Crippen LogP contribution < -0.4 is 10.9 Å². The van der Waals surface area contributed by atoms with Crippen LogP contribution in [0.3, 0.4) is 0 Å². The van der Waals surface area contributed by atoms with Crippen molar-refractivity contribution in [2.24, 2.45) is 5.92 Å². The van der Waals surface area contributed by atoms with E-state index in [0.717, 1.165) is 44.8 Å². The molecule has 1 aliphatic heterocycles. The SMILES string of the molecule is COCCCN1CC[C@H](CNC(=O)c2cnc3cccc(C)n3c2=O)C1. The second-order valence-corrected chi connectivity index (χ2v) is 6.85. The Morgan fingerprint density at radius 1 is 1.42 bits per heavy atom. The molecule has 0 aromatic carbocycles. The fraction of sp³-hybridized carbons (Fsp3) is 0.526. The number of nitrogens with one attached hydrogen (secondary N) is 1. The van der Waals surface area contributed by atoms with Crippen molar-refractivity contribution in [3.8, 4) is 0 Å². The number of rotatable bonds is 7. The Kier molecular flexibility index (Phi) is 6.00. The average Bonchev–Trinajstić information content (AvgIpc) is 3.08. The molecule has 7 heteroatoms. The molecule has 1 fully saturated rings. The van der Waals surface area contributed by atoms with Crippen molar-refractivity contribution in [3.05, 3.63) is 46.0 Å². The van der Waals surface area contributed by atoms with Gasteiger partial charge >= 0.3 is 0 Å². The maximum Gasteiger partial charge on any atom is 0.270 e. The van der Waals surface area contributed by atoms with E-state index in [9.17, 15) is 9.59 Å². The monoisotopic (exact) mass is 358 g/mol. The second-order valence-electron chi connectivity index (χ2n) is 6.85. The van der Waals surface area contributed by atoms with Crippen molar-refractivity contribution in [2.75, 3.05) is 39.9 Å². The minimum atomic E-state index is -0.349. The molecule has 1 amide bonds. The van der Waals surface area contributed by atoms with Crippen LogP contribution in [0.25, 0.3) is 5.65 Å². The molecular weight excluding hydrogens is 332 g/mol. The van der Waals surface area contributed by atoms with Gasteiger partial charge in [0.15, 0.2) is 0 Å². The third-order valence-electron chi connectivity index (χ3n) is 4.91. The van der Waals surface area contributed by atoms with E-state index < -0.39 is 0 Å². The molecule has 0 aliphatic carbocycles. The molecule has 7 nitrogen and oxygen atoms in total. The number of fused-ring (bicyclic) bond motifs is 1. The summed E-state index contributed by atoms with van der Waals surface area (Å²) in [5.41, 5.74) is 1.08. The highest BCUT2D eigenvalue weighted by Crippen LogP contribution is 2.15. The van der Waals surface area contributed by atoms with Gasteiger partial charge in [0.05, 0.1) is 0 Å². The standard InChI is InChI=1S/C19H26N4O3/c1-14-5-3-6-17-20-12-16(19(25)23(14)17)18(24)21-11-15-7-9-22(13-15)8-4-10-26-2/h3,5-6,12,15H,4,7-11,13H2,1-2H3,(H,21,24)/t15-/m1/s1. The average molecular weight is 358 g/mol. The van der Waals surface area contributed by atoms with Gasteiger partial charge in [-0.3, -0.25) is 14.0 Å². The molecule has 0 saturated carbocycles. The quantitative estimate of drug-likeness (QED) is 0.750. The first-order valence-electron chi connectivity index (χ1n) is 9.07. The molecule has 1 atom stereocenters. The van der Waals surface area contributed by atoms with E-state index >= 15 is 0 Å². The Morgan fingerprint density at radius 3 is 3.08 bits per heavy atom. The number of carbonyl (C=O) groups excluding carboxylic acids is 1. The number of carbonyl (C=O) groups is 1. The molecule has 0 radical (unpaired) electrons. The van der Waals surface area contributed by atoms with Gasteiger partial charge < -0.3 is 15.0 Å². The highest BCUT2D eigenvalue weighted by molar-refractivity contribution is 5.93. The number of aryl methyl sites for hydroxylation is 1. The van der Waals surface area contributed by atoms with Crippen LogP contribution in [-0.4, -0.2) is 60.1 Å². The number of methoxy groups -OCH3 is 1. The first-order valence-corrected chi connectivity index (χ1v) is 9.07. The van der Waals surface area contributed by atoms with Gasteiger partial charge in [-0.05, 0) is 44.4 Å². The Labute approximate surface area is 153 Å². The molecule has 3 heterocycles. The summed E-state index contributed by atoms with van der Waals surface area (Å²) in [6.07, 6.45) is 3.45. The van der Waals surface area contributed by atoms with E-state index in [1.807, 2.05) is 19.1 Å². The smallest absolute Gasteiger partial charge is 0.270 e. The molecule has 0 spiro atoms. The lowest BCUT2D eigenvalue weighted by Gasteiger charge is -2.16. The van der Waals surface area contributed by atoms with Gasteiger partial charge in [0, 0.05) is 45.2 Å². The van der Waals surface area contributed by atoms with Crippen molar-refractivity contribution in [1.29, 1.82) is 0 Å². The molecule has 140 valence electrons. The fourth-order valence-electron chi connectivity index (χ4n) is 3.48. The van der Waals surface area contributed by atoms with Gasteiger partial charge in [-0.2, -0.15) is 0 Å². The van der Waals surface area contributed by atoms with E-state index in [1.165, 1.54) is 10.6 Å². The first kappa shape index (κ1) is 18.5. The highest BCUT2D eigenvalue weighted by Gasteiger charge is 2.23. The number of likely N-dealkylation sites (tertiary alicyclic amines) is 1. The molecule has 2 aromatic heterocycles. The number of nitrogens with zero attached hydrogens (tertiary/aromatic N) is 3. The van der Waals surface area contributed by atoms with E-state index in [0.29, 0.717) is 18.1 Å². The van der Waals surface area contributed by atoms with Crippen molar-refractivity contribution in [1.82, 2.24) is 19.6 Å². The summed E-state index contributed by atoms with van der Waals surface area (Å²) in [5.74, 6) is 0.0670. The fourth-order valence-corrected chi connectivity index (χ4v) is 3.48. The molecule has 26 heavy (non-hydrogen) atoms. The second kappa shape index (κ2) is 8.42. The van der Waals surface area contributed by atoms with Crippen LogP contribution in [0.1, 0.15) is 28.9 Å². The lowest BCUT2D eigenvalue weighted by Crippen LogP contribution is -2.35. The molecule has 1 saturated heterocycles. The van der Waals surface area contributed by atoms with E-state index in [4.69, 9.17) is 4.74 Å². The number of aromatic nitrogens is 2. The van der Waals surface area contributed by atoms with Crippen LogP contribution in [0, 0.1) is 12.8 Å². The third-order valence-corrected chi connectivity index (χ3v) is 4.91. The maximum atomic E-state index is 12.6. The zero-order chi connectivity index (χ0) is 18.5. The van der Waals surface area contributed by atoms with Gasteiger partial charge in [0.1, 0.15) is 11.2 Å². The highest BCUT2D eigenvalue weighted by atomic mass is 16.5. The van der Waals surface area contributed by atoms with Crippen LogP contribution in [0.2, 0.25) is 0 Å². The van der Waals surface area contributed by atoms with E-state index in [2.05, 4.69) is 15.2 Å². The van der Waals surface area contributed by atoms with E-state index in [1.54, 1.807) is 13.2 Å². The summed E-state index contributed by atoms with van der Waals surface area (Å²) in [5, 5.41) is 2.91. The molecular formula is C19H26N4O3. The summed E-state index contributed by atoms with van der Waals surface area (Å²) in [6, 6.07) is 5.43. The first-order chi connectivity index (χ1) is 12.6. The summed E-state index contributed by atoms with van der Waals surface area (Å²) >= 11 is 0. The molecule has 3 rings (SSSR count). The third kappa shape index (κ3) is 4.11. The van der Waals surface area contributed by atoms with Crippen molar-refractivity contribution >= 4 is 11.6 Å². The number of hydrogen-bond donors (Lipinski definition) is 1. The lowest BCUT2D eigenvalue weighted by atomic mass is 10.1. The van der Waals surface area contributed by atoms with Gasteiger partial charge in [-0.1, -0.05) is 6.07 Å². The summed E-state index contributed by atoms with van der Waals surface area (Å²) in [7, 11) is 1.72. The van der Waals surface area contributed by atoms with Gasteiger partial charge in [-0.25, -0.2) is 4.98 Å². The van der Waals surface area contributed by atoms with E-state index in [-0.39, 0.29) is 17.0 Å². The van der Waals surface area contributed by atoms with Gasteiger partial charge in [0.25, 0.3) is 11.5 Å². The van der Waals surface area contributed by atoms with Gasteiger partial charge in [0.2, 0.25) is 0 Å². The van der Waals surface area contributed by atoms with Crippen LogP contribution in [0.4, 0.5) is 0 Å². The topological polar surface area (TPSA) is 75.9 Å². The van der Waals surface area contributed by atoms with Crippen molar-refractivity contribution in [3.63, 3.8) is 0 Å². The Bertz CT molecular complexity index is 833. The van der Waals surface area contributed by atoms with Gasteiger partial charge in [-0.15, -0.1) is 0 Å². The number of amides is 1. The largest absolute Gasteiger partial charge is 0.385 e. The van der Waals surface area contributed by atoms with Crippen LogP contribution >= 0.6 is 0 Å². The Hall–Kier alpha value is -2.25. The number of hydrogen-bond acceptors (Lipinski definition) is 5. The zero-order valence-corrected chi connectivity index (χ0v) is 15.4. The zero-order valence-electron chi connectivity index (χ0n) is 15.4. The van der Waals surface area contributed by atoms with Crippen LogP contribution in [0.15, 0.2) is 29.2 Å². The number of ether oxygens (including phenoxy) is 1. The summed E-state index contributed by atoms with van der Waals surface area (Å²) in [4.78, 5) is 31.7. The van der Waals surface area contributed by atoms with Crippen molar-refractivity contribution < 1.29 is 9.53 Å². The lowest BCUT2D eigenvalue weighted by molar-refractivity contribution is 0.0945. The molecule has 1 N–H and O–H groups in total. The summed E-state index contributed by atoms with van der Waals surface area (Å²) < 4.78 is 6.56. The summed E-state index contributed by atoms with van der Waals surface area (Å²) in [6.45, 7) is 6.22. The predicted molar refractivity (Wildman–Crippen MR) is 99.6 cm³/mol. The molecule has 2 aromatic rings. The van der Waals surface area contributed by atoms with Crippen LogP contribution in [-0.2, 0) is 4.74 Å². The Morgan fingerprint density at radius 2 is 2.27 bits per heavy atom. The minimum Gasteiger partial charge on any atom is -0.385 e. The maximum absolute atomic E-state index is 12.6. The minimum absolute atomic E-state index is 0.0896.